The molecule has 1 aliphatic heterocycles. The van der Waals surface area contributed by atoms with Crippen LogP contribution in [0.15, 0.2) is 36.3 Å². The Labute approximate surface area is 75.3 Å². The van der Waals surface area contributed by atoms with Crippen LogP contribution in [0.3, 0.4) is 0 Å². The lowest BCUT2D eigenvalue weighted by Crippen LogP contribution is -2.13. The first kappa shape index (κ1) is 7.86. The lowest BCUT2D eigenvalue weighted by Gasteiger charge is -2.16. The molecule has 3 nitrogen and oxygen atoms in total. The summed E-state index contributed by atoms with van der Waals surface area (Å²) in [6, 6.07) is 6.99. The van der Waals surface area contributed by atoms with Gasteiger partial charge in [0.05, 0.1) is 12.0 Å². The molecular formula is C10H8O3. The van der Waals surface area contributed by atoms with E-state index in [-0.39, 0.29) is 12.2 Å². The molecule has 1 aromatic rings. The van der Waals surface area contributed by atoms with E-state index in [1.807, 2.05) is 0 Å². The smallest absolute Gasteiger partial charge is 0.174 e. The van der Waals surface area contributed by atoms with Crippen LogP contribution in [-0.4, -0.2) is 10.9 Å². The van der Waals surface area contributed by atoms with Gasteiger partial charge in [0, 0.05) is 0 Å². The van der Waals surface area contributed by atoms with Gasteiger partial charge in [-0.1, -0.05) is 12.1 Å². The van der Waals surface area contributed by atoms with E-state index >= 15 is 0 Å². The summed E-state index contributed by atoms with van der Waals surface area (Å²) in [7, 11) is 0. The fourth-order valence-electron chi connectivity index (χ4n) is 1.29. The molecule has 2 rings (SSSR count). The van der Waals surface area contributed by atoms with Crippen LogP contribution in [0.5, 0.6) is 5.75 Å². The maximum absolute atomic E-state index is 11.4. The van der Waals surface area contributed by atoms with Crippen molar-refractivity contribution in [1.29, 1.82) is 0 Å². The summed E-state index contributed by atoms with van der Waals surface area (Å²) in [5, 5.41) is 8.70. The van der Waals surface area contributed by atoms with Crippen LogP contribution in [0.25, 0.3) is 0 Å². The number of carbonyl (C=O) groups is 1. The molecule has 0 aliphatic carbocycles. The molecule has 0 unspecified atom stereocenters. The Bertz CT molecular complexity index is 380. The molecule has 3 heteroatoms. The zero-order valence-electron chi connectivity index (χ0n) is 6.86. The number of hydrogen-bond acceptors (Lipinski definition) is 3. The second kappa shape index (κ2) is 2.94. The predicted octanol–water partition coefficient (Wildman–Crippen LogP) is 2.05. The third-order valence-corrected chi connectivity index (χ3v) is 1.91. The van der Waals surface area contributed by atoms with Crippen molar-refractivity contribution in [3.8, 4) is 5.75 Å². The summed E-state index contributed by atoms with van der Waals surface area (Å²) in [6.07, 6.45) is 0.960. The molecule has 0 radical (unpaired) electrons. The van der Waals surface area contributed by atoms with E-state index in [9.17, 15) is 4.79 Å². The number of hydrogen-bond donors (Lipinski definition) is 1. The van der Waals surface area contributed by atoms with Crippen molar-refractivity contribution >= 4 is 5.78 Å². The van der Waals surface area contributed by atoms with Crippen molar-refractivity contribution in [2.75, 3.05) is 0 Å². The van der Waals surface area contributed by atoms with Gasteiger partial charge in [0.2, 0.25) is 0 Å². The molecule has 1 N–H and O–H groups in total. The Balaban J connectivity index is 2.48. The maximum Gasteiger partial charge on any atom is 0.174 e. The Morgan fingerprint density at radius 1 is 1.38 bits per heavy atom. The average Bonchev–Trinajstić information content (AvgIpc) is 2.18. The molecule has 0 saturated heterocycles. The summed E-state index contributed by atoms with van der Waals surface area (Å²) in [6.45, 7) is 0. The van der Waals surface area contributed by atoms with Gasteiger partial charge in [0.25, 0.3) is 0 Å². The molecule has 0 saturated carbocycles. The number of allylic oxidation sites excluding steroid dienone is 1. The molecule has 0 amide bonds. The van der Waals surface area contributed by atoms with Crippen LogP contribution in [0.2, 0.25) is 0 Å². The van der Waals surface area contributed by atoms with Crippen LogP contribution in [0, 0.1) is 0 Å². The fourth-order valence-corrected chi connectivity index (χ4v) is 1.29. The minimum Gasteiger partial charge on any atom is -0.512 e. The van der Waals surface area contributed by atoms with Crippen molar-refractivity contribution in [3.05, 3.63) is 41.9 Å². The summed E-state index contributed by atoms with van der Waals surface area (Å²) in [5.41, 5.74) is 0.577. The number of benzene rings is 1. The number of Topliss-reactive ketones (excluding diaryl/α,β-unsaturated/α-hetero) is 1. The highest BCUT2D eigenvalue weighted by Crippen LogP contribution is 2.28. The highest BCUT2D eigenvalue weighted by atomic mass is 16.5. The van der Waals surface area contributed by atoms with E-state index < -0.39 is 0 Å². The topological polar surface area (TPSA) is 46.5 Å². The first-order valence-corrected chi connectivity index (χ1v) is 3.94. The van der Waals surface area contributed by atoms with Crippen LogP contribution < -0.4 is 4.74 Å². The van der Waals surface area contributed by atoms with Crippen molar-refractivity contribution < 1.29 is 14.6 Å². The lowest BCUT2D eigenvalue weighted by molar-refractivity contribution is 0.0961. The van der Waals surface area contributed by atoms with Crippen molar-refractivity contribution in [2.24, 2.45) is 0 Å². The van der Waals surface area contributed by atoms with Crippen LogP contribution in [0.1, 0.15) is 16.8 Å². The number of aliphatic hydroxyl groups is 1. The number of aliphatic hydroxyl groups excluding tert-OH is 1. The first-order chi connectivity index (χ1) is 6.31. The molecule has 0 aromatic heterocycles. The third-order valence-electron chi connectivity index (χ3n) is 1.91. The highest BCUT2D eigenvalue weighted by Gasteiger charge is 2.21. The van der Waals surface area contributed by atoms with E-state index in [0.717, 1.165) is 6.26 Å². The van der Waals surface area contributed by atoms with Gasteiger partial charge in [-0.15, -0.1) is 0 Å². The summed E-state index contributed by atoms with van der Waals surface area (Å²) in [5.74, 6) is 0.782. The van der Waals surface area contributed by atoms with Gasteiger partial charge >= 0.3 is 0 Å². The largest absolute Gasteiger partial charge is 0.512 e. The number of ketones is 1. The van der Waals surface area contributed by atoms with Crippen LogP contribution in [-0.2, 0) is 0 Å². The Kier molecular flexibility index (Phi) is 1.77. The lowest BCUT2D eigenvalue weighted by atomic mass is 10.0. The van der Waals surface area contributed by atoms with Gasteiger partial charge in [-0.3, -0.25) is 4.79 Å². The van der Waals surface area contributed by atoms with Gasteiger partial charge < -0.3 is 9.84 Å². The summed E-state index contributed by atoms with van der Waals surface area (Å²) < 4.78 is 5.24. The molecule has 1 aromatic carbocycles. The van der Waals surface area contributed by atoms with Gasteiger partial charge in [-0.05, 0) is 12.1 Å². The van der Waals surface area contributed by atoms with Gasteiger partial charge in [-0.25, -0.2) is 0 Å². The Morgan fingerprint density at radius 2 is 2.15 bits per heavy atom. The van der Waals surface area contributed by atoms with E-state index in [4.69, 9.17) is 9.84 Å². The zero-order valence-corrected chi connectivity index (χ0v) is 6.86. The zero-order chi connectivity index (χ0) is 9.26. The quantitative estimate of drug-likeness (QED) is 0.615. The number of para-hydroxylation sites is 1. The molecular weight excluding hydrogens is 168 g/mol. The van der Waals surface area contributed by atoms with Crippen molar-refractivity contribution in [1.82, 2.24) is 0 Å². The molecule has 13 heavy (non-hydrogen) atoms. The second-order valence-electron chi connectivity index (χ2n) is 2.79. The number of fused-ring (bicyclic) bond motifs is 1. The SMILES string of the molecule is O=C1CC(=CO)Oc2ccccc21. The molecule has 1 heterocycles. The van der Waals surface area contributed by atoms with E-state index in [1.54, 1.807) is 24.3 Å². The normalized spacial score (nSPS) is 18.2. The molecule has 0 fully saturated rings. The van der Waals surface area contributed by atoms with E-state index in [2.05, 4.69) is 0 Å². The standard InChI is InChI=1S/C10H8O3/c11-6-7-5-9(12)8-3-1-2-4-10(8)13-7/h1-4,6,11H,5H2. The van der Waals surface area contributed by atoms with Crippen LogP contribution in [0.4, 0.5) is 0 Å². The number of rotatable bonds is 0. The minimum atomic E-state index is -0.0258. The maximum atomic E-state index is 11.4. The third kappa shape index (κ3) is 1.28. The predicted molar refractivity (Wildman–Crippen MR) is 46.7 cm³/mol. The van der Waals surface area contributed by atoms with Gasteiger partial charge in [0.1, 0.15) is 17.8 Å². The molecule has 0 spiro atoms. The van der Waals surface area contributed by atoms with Crippen LogP contribution >= 0.6 is 0 Å². The molecule has 0 atom stereocenters. The van der Waals surface area contributed by atoms with Gasteiger partial charge in [-0.2, -0.15) is 0 Å². The molecule has 0 bridgehead atoms. The summed E-state index contributed by atoms with van der Waals surface area (Å²) >= 11 is 0. The second-order valence-corrected chi connectivity index (χ2v) is 2.79. The number of ether oxygens (including phenoxy) is 1. The molecule has 1 aliphatic rings. The first-order valence-electron chi connectivity index (χ1n) is 3.94. The average molecular weight is 176 g/mol. The van der Waals surface area contributed by atoms with E-state index in [0.29, 0.717) is 17.1 Å². The summed E-state index contributed by atoms with van der Waals surface area (Å²) in [4.78, 5) is 11.4. The van der Waals surface area contributed by atoms with E-state index in [1.165, 1.54) is 0 Å². The monoisotopic (exact) mass is 176 g/mol. The van der Waals surface area contributed by atoms with Crippen molar-refractivity contribution in [3.63, 3.8) is 0 Å². The Hall–Kier alpha value is -1.77. The highest BCUT2D eigenvalue weighted by molar-refractivity contribution is 6.01. The fraction of sp³-hybridized carbons (Fsp3) is 0.100. The van der Waals surface area contributed by atoms with Crippen molar-refractivity contribution in [2.45, 2.75) is 6.42 Å². The Morgan fingerprint density at radius 3 is 2.92 bits per heavy atom. The van der Waals surface area contributed by atoms with Gasteiger partial charge in [0.15, 0.2) is 5.78 Å². The minimum absolute atomic E-state index is 0.0258. The number of carbonyl (C=O) groups excluding carboxylic acids is 1. The molecule has 66 valence electrons.